The maximum atomic E-state index is 9.41. The Hall–Kier alpha value is -1.03. The van der Waals surface area contributed by atoms with E-state index in [1.54, 1.807) is 0 Å². The van der Waals surface area contributed by atoms with Crippen molar-refractivity contribution >= 4 is 5.82 Å². The average Bonchev–Trinajstić information content (AvgIpc) is 2.54. The normalized spacial score (nSPS) is 11.2. The van der Waals surface area contributed by atoms with Crippen molar-refractivity contribution in [3.05, 3.63) is 11.3 Å². The first-order valence-electron chi connectivity index (χ1n) is 5.92. The average molecular weight is 225 g/mol. The Morgan fingerprint density at radius 1 is 1.38 bits per heavy atom. The van der Waals surface area contributed by atoms with Gasteiger partial charge in [-0.1, -0.05) is 13.8 Å². The molecule has 0 aliphatic heterocycles. The van der Waals surface area contributed by atoms with E-state index in [9.17, 15) is 5.11 Å². The van der Waals surface area contributed by atoms with Crippen LogP contribution in [0.5, 0.6) is 0 Å². The molecule has 0 amide bonds. The molecule has 4 heteroatoms. The highest BCUT2D eigenvalue weighted by molar-refractivity contribution is 5.50. The van der Waals surface area contributed by atoms with Crippen LogP contribution in [0, 0.1) is 6.92 Å². The van der Waals surface area contributed by atoms with E-state index in [0.717, 1.165) is 29.9 Å². The van der Waals surface area contributed by atoms with Crippen molar-refractivity contribution < 1.29 is 5.11 Å². The zero-order valence-corrected chi connectivity index (χ0v) is 11.0. The lowest BCUT2D eigenvalue weighted by atomic mass is 10.1. The molecule has 0 fully saturated rings. The highest BCUT2D eigenvalue weighted by Crippen LogP contribution is 2.25. The van der Waals surface area contributed by atoms with Crippen LogP contribution in [0.3, 0.4) is 0 Å². The summed E-state index contributed by atoms with van der Waals surface area (Å²) < 4.78 is 1.86. The van der Waals surface area contributed by atoms with E-state index in [-0.39, 0.29) is 6.61 Å². The topological polar surface area (TPSA) is 41.3 Å². The second-order valence-corrected chi connectivity index (χ2v) is 4.25. The van der Waals surface area contributed by atoms with Crippen LogP contribution in [0.15, 0.2) is 0 Å². The van der Waals surface area contributed by atoms with Gasteiger partial charge in [-0.05, 0) is 19.8 Å². The van der Waals surface area contributed by atoms with E-state index >= 15 is 0 Å². The molecular formula is C12H23N3O. The van der Waals surface area contributed by atoms with Gasteiger partial charge in [0, 0.05) is 25.7 Å². The first-order chi connectivity index (χ1) is 7.56. The highest BCUT2D eigenvalue weighted by atomic mass is 16.3. The number of aliphatic hydroxyl groups is 1. The molecule has 0 bridgehead atoms. The monoisotopic (exact) mass is 225 g/mol. The van der Waals surface area contributed by atoms with Crippen LogP contribution in [-0.2, 0) is 13.7 Å². The summed E-state index contributed by atoms with van der Waals surface area (Å²) in [7, 11) is 4.01. The fourth-order valence-electron chi connectivity index (χ4n) is 2.33. The Labute approximate surface area is 97.9 Å². The van der Waals surface area contributed by atoms with Gasteiger partial charge in [0.05, 0.1) is 12.3 Å². The minimum atomic E-state index is 0.0551. The summed E-state index contributed by atoms with van der Waals surface area (Å²) in [5, 5.41) is 13.8. The second kappa shape index (κ2) is 5.34. The summed E-state index contributed by atoms with van der Waals surface area (Å²) >= 11 is 0. The highest BCUT2D eigenvalue weighted by Gasteiger charge is 2.20. The number of hydrogen-bond acceptors (Lipinski definition) is 3. The predicted molar refractivity (Wildman–Crippen MR) is 66.6 cm³/mol. The lowest BCUT2D eigenvalue weighted by Gasteiger charge is -2.29. The van der Waals surface area contributed by atoms with Gasteiger partial charge in [-0.3, -0.25) is 4.68 Å². The zero-order valence-electron chi connectivity index (χ0n) is 11.0. The van der Waals surface area contributed by atoms with Crippen molar-refractivity contribution in [1.29, 1.82) is 0 Å². The maximum Gasteiger partial charge on any atom is 0.132 e. The summed E-state index contributed by atoms with van der Waals surface area (Å²) in [6.07, 6.45) is 2.20. The molecule has 1 N–H and O–H groups in total. The zero-order chi connectivity index (χ0) is 12.3. The SMILES string of the molecule is CCC(CC)N(C)c1c(CO)c(C)nn1C. The van der Waals surface area contributed by atoms with Crippen molar-refractivity contribution in [1.82, 2.24) is 9.78 Å². The van der Waals surface area contributed by atoms with Gasteiger partial charge in [-0.25, -0.2) is 0 Å². The molecule has 0 aliphatic rings. The Kier molecular flexibility index (Phi) is 4.35. The van der Waals surface area contributed by atoms with Crippen LogP contribution in [0.25, 0.3) is 0 Å². The molecule has 92 valence electrons. The lowest BCUT2D eigenvalue weighted by molar-refractivity contribution is 0.281. The van der Waals surface area contributed by atoms with Crippen LogP contribution in [0.1, 0.15) is 37.9 Å². The van der Waals surface area contributed by atoms with Crippen LogP contribution in [0.2, 0.25) is 0 Å². The van der Waals surface area contributed by atoms with Gasteiger partial charge in [0.25, 0.3) is 0 Å². The number of nitrogens with zero attached hydrogens (tertiary/aromatic N) is 3. The van der Waals surface area contributed by atoms with Gasteiger partial charge < -0.3 is 10.0 Å². The number of rotatable bonds is 5. The number of anilines is 1. The number of aromatic nitrogens is 2. The van der Waals surface area contributed by atoms with E-state index in [2.05, 4.69) is 30.9 Å². The second-order valence-electron chi connectivity index (χ2n) is 4.25. The molecule has 0 saturated carbocycles. The molecule has 0 aliphatic carbocycles. The number of aliphatic hydroxyl groups excluding tert-OH is 1. The molecule has 1 heterocycles. The molecule has 0 unspecified atom stereocenters. The van der Waals surface area contributed by atoms with Crippen molar-refractivity contribution in [2.24, 2.45) is 7.05 Å². The first kappa shape index (κ1) is 13.0. The molecule has 0 saturated heterocycles. The lowest BCUT2D eigenvalue weighted by Crippen LogP contribution is -2.32. The smallest absolute Gasteiger partial charge is 0.132 e. The first-order valence-corrected chi connectivity index (χ1v) is 5.92. The van der Waals surface area contributed by atoms with Crippen molar-refractivity contribution in [3.63, 3.8) is 0 Å². The van der Waals surface area contributed by atoms with Crippen LogP contribution >= 0.6 is 0 Å². The fourth-order valence-corrected chi connectivity index (χ4v) is 2.33. The summed E-state index contributed by atoms with van der Waals surface area (Å²) in [4.78, 5) is 2.23. The maximum absolute atomic E-state index is 9.41. The van der Waals surface area contributed by atoms with Crippen LogP contribution < -0.4 is 4.90 Å². The fraction of sp³-hybridized carbons (Fsp3) is 0.750. The minimum Gasteiger partial charge on any atom is -0.391 e. The molecule has 1 aromatic rings. The third kappa shape index (κ3) is 2.21. The van der Waals surface area contributed by atoms with Crippen molar-refractivity contribution in [2.45, 2.75) is 46.3 Å². The number of hydrogen-bond donors (Lipinski definition) is 1. The Bertz CT molecular complexity index is 342. The van der Waals surface area contributed by atoms with E-state index in [4.69, 9.17) is 0 Å². The Morgan fingerprint density at radius 3 is 2.38 bits per heavy atom. The Morgan fingerprint density at radius 2 is 1.94 bits per heavy atom. The van der Waals surface area contributed by atoms with Crippen LogP contribution in [-0.4, -0.2) is 28.0 Å². The summed E-state index contributed by atoms with van der Waals surface area (Å²) in [6.45, 7) is 6.37. The standard InChI is InChI=1S/C12H23N3O/c1-6-10(7-2)14(4)12-11(8-16)9(3)13-15(12)5/h10,16H,6-8H2,1-5H3. The van der Waals surface area contributed by atoms with E-state index in [1.807, 2.05) is 18.7 Å². The quantitative estimate of drug-likeness (QED) is 0.831. The summed E-state index contributed by atoms with van der Waals surface area (Å²) in [6, 6.07) is 0.500. The molecular weight excluding hydrogens is 202 g/mol. The van der Waals surface area contributed by atoms with Crippen LogP contribution in [0.4, 0.5) is 5.82 Å². The van der Waals surface area contributed by atoms with Gasteiger partial charge in [-0.15, -0.1) is 0 Å². The Balaban J connectivity index is 3.11. The summed E-state index contributed by atoms with van der Waals surface area (Å²) in [5.41, 5.74) is 1.86. The van der Waals surface area contributed by atoms with Gasteiger partial charge in [0.1, 0.15) is 5.82 Å². The molecule has 0 radical (unpaired) electrons. The minimum absolute atomic E-state index is 0.0551. The molecule has 0 aromatic carbocycles. The van der Waals surface area contributed by atoms with Gasteiger partial charge in [0.2, 0.25) is 0 Å². The number of aryl methyl sites for hydroxylation is 2. The molecule has 1 aromatic heterocycles. The third-order valence-electron chi connectivity index (χ3n) is 3.30. The van der Waals surface area contributed by atoms with E-state index in [1.165, 1.54) is 0 Å². The van der Waals surface area contributed by atoms with Crippen molar-refractivity contribution in [3.8, 4) is 0 Å². The summed E-state index contributed by atoms with van der Waals surface area (Å²) in [5.74, 6) is 1.04. The van der Waals surface area contributed by atoms with Gasteiger partial charge in [-0.2, -0.15) is 5.10 Å². The van der Waals surface area contributed by atoms with Gasteiger partial charge >= 0.3 is 0 Å². The molecule has 1 rings (SSSR count). The molecule has 4 nitrogen and oxygen atoms in total. The predicted octanol–water partition coefficient (Wildman–Crippen LogP) is 1.85. The van der Waals surface area contributed by atoms with E-state index in [0.29, 0.717) is 6.04 Å². The molecule has 16 heavy (non-hydrogen) atoms. The van der Waals surface area contributed by atoms with Crippen molar-refractivity contribution in [2.75, 3.05) is 11.9 Å². The third-order valence-corrected chi connectivity index (χ3v) is 3.30. The van der Waals surface area contributed by atoms with E-state index < -0.39 is 0 Å². The molecule has 0 atom stereocenters. The van der Waals surface area contributed by atoms with Gasteiger partial charge in [0.15, 0.2) is 0 Å². The largest absolute Gasteiger partial charge is 0.391 e. The molecule has 0 spiro atoms.